The van der Waals surface area contributed by atoms with Crippen molar-refractivity contribution in [2.75, 3.05) is 13.2 Å². The number of carbonyl (C=O) groups excluding carboxylic acids is 2. The summed E-state index contributed by atoms with van der Waals surface area (Å²) < 4.78 is 5.43. The molecule has 0 rings (SSSR count). The van der Waals surface area contributed by atoms with Gasteiger partial charge in [0.2, 0.25) is 5.91 Å². The first-order valence-electron chi connectivity index (χ1n) is 35.4. The van der Waals surface area contributed by atoms with Gasteiger partial charge in [0, 0.05) is 12.8 Å². The Hall–Kier alpha value is -2.18. The predicted molar refractivity (Wildman–Crippen MR) is 347 cm³/mol. The molecule has 0 aliphatic rings. The average molecular weight is 1110 g/mol. The van der Waals surface area contributed by atoms with Crippen LogP contribution in [-0.2, 0) is 14.3 Å². The second-order valence-corrected chi connectivity index (χ2v) is 24.2. The van der Waals surface area contributed by atoms with E-state index in [1.807, 2.05) is 6.08 Å². The summed E-state index contributed by atoms with van der Waals surface area (Å²) in [5.41, 5.74) is 0. The number of allylic oxidation sites excluding steroid dienone is 6. The highest BCUT2D eigenvalue weighted by molar-refractivity contribution is 5.76. The zero-order chi connectivity index (χ0) is 57.1. The van der Waals surface area contributed by atoms with E-state index in [0.29, 0.717) is 19.4 Å². The number of amides is 1. The van der Waals surface area contributed by atoms with Crippen molar-refractivity contribution in [1.29, 1.82) is 0 Å². The third kappa shape index (κ3) is 64.8. The van der Waals surface area contributed by atoms with Crippen LogP contribution in [0.3, 0.4) is 0 Å². The molecule has 0 heterocycles. The topological polar surface area (TPSA) is 95.9 Å². The molecular formula is C73H137NO5. The summed E-state index contributed by atoms with van der Waals surface area (Å²) in [6.07, 6.45) is 89.1. The second kappa shape index (κ2) is 68.3. The lowest BCUT2D eigenvalue weighted by Gasteiger charge is -2.20. The van der Waals surface area contributed by atoms with Crippen molar-refractivity contribution < 1.29 is 24.5 Å². The van der Waals surface area contributed by atoms with Gasteiger partial charge in [0.15, 0.2) is 0 Å². The van der Waals surface area contributed by atoms with Gasteiger partial charge in [0.1, 0.15) is 0 Å². The highest BCUT2D eigenvalue weighted by atomic mass is 16.5. The lowest BCUT2D eigenvalue weighted by Crippen LogP contribution is -2.45. The minimum Gasteiger partial charge on any atom is -0.465 e. The first kappa shape index (κ1) is 76.8. The number of aliphatic hydroxyl groups is 2. The molecule has 0 bridgehead atoms. The van der Waals surface area contributed by atoms with Crippen molar-refractivity contribution in [3.8, 4) is 0 Å². The van der Waals surface area contributed by atoms with Gasteiger partial charge < -0.3 is 20.3 Å². The molecule has 0 aromatic heterocycles. The van der Waals surface area contributed by atoms with Crippen molar-refractivity contribution >= 4 is 11.9 Å². The highest BCUT2D eigenvalue weighted by Crippen LogP contribution is 2.18. The lowest BCUT2D eigenvalue weighted by molar-refractivity contribution is -0.143. The molecule has 0 aromatic rings. The van der Waals surface area contributed by atoms with E-state index in [0.717, 1.165) is 51.4 Å². The summed E-state index contributed by atoms with van der Waals surface area (Å²) in [6.45, 7) is 4.82. The van der Waals surface area contributed by atoms with Crippen molar-refractivity contribution in [3.05, 3.63) is 48.6 Å². The summed E-state index contributed by atoms with van der Waals surface area (Å²) in [5.74, 6) is -0.108. The number of aliphatic hydroxyl groups excluding tert-OH is 2. The molecule has 0 radical (unpaired) electrons. The van der Waals surface area contributed by atoms with Crippen LogP contribution in [0.4, 0.5) is 0 Å². The normalized spacial score (nSPS) is 12.8. The third-order valence-electron chi connectivity index (χ3n) is 16.3. The number of nitrogens with one attached hydrogen (secondary N) is 1. The highest BCUT2D eigenvalue weighted by Gasteiger charge is 2.18. The smallest absolute Gasteiger partial charge is 0.305 e. The largest absolute Gasteiger partial charge is 0.465 e. The Morgan fingerprint density at radius 1 is 0.354 bits per heavy atom. The van der Waals surface area contributed by atoms with Gasteiger partial charge in [-0.1, -0.05) is 339 Å². The van der Waals surface area contributed by atoms with Gasteiger partial charge in [-0.2, -0.15) is 0 Å². The van der Waals surface area contributed by atoms with E-state index < -0.39 is 12.1 Å². The zero-order valence-corrected chi connectivity index (χ0v) is 53.1. The molecule has 0 fully saturated rings. The summed E-state index contributed by atoms with van der Waals surface area (Å²) in [4.78, 5) is 24.6. The molecule has 0 aromatic carbocycles. The quantitative estimate of drug-likeness (QED) is 0.0320. The average Bonchev–Trinajstić information content (AvgIpc) is 3.45. The number of hydrogen-bond acceptors (Lipinski definition) is 5. The molecule has 0 saturated heterocycles. The lowest BCUT2D eigenvalue weighted by atomic mass is 10.0. The Bertz CT molecular complexity index is 1320. The SMILES string of the molecule is CCCCCCCCC/C=C\CCCCCCCCCC(=O)OCC/C=C\C/C=C\CCCCCCCCCCCCCCCCC(=O)NC(CO)C(O)/C=C/CCCCCCCCCCCCCCCCCCCCCCC. The van der Waals surface area contributed by atoms with E-state index in [9.17, 15) is 19.8 Å². The maximum atomic E-state index is 12.5. The van der Waals surface area contributed by atoms with Crippen molar-refractivity contribution in [2.45, 2.75) is 392 Å². The molecule has 0 saturated carbocycles. The van der Waals surface area contributed by atoms with Crippen LogP contribution in [0, 0.1) is 0 Å². The monoisotopic (exact) mass is 1110 g/mol. The van der Waals surface area contributed by atoms with Gasteiger partial charge in [-0.05, 0) is 77.0 Å². The molecule has 79 heavy (non-hydrogen) atoms. The maximum absolute atomic E-state index is 12.5. The zero-order valence-electron chi connectivity index (χ0n) is 53.1. The molecule has 2 unspecified atom stereocenters. The second-order valence-electron chi connectivity index (χ2n) is 24.2. The van der Waals surface area contributed by atoms with Gasteiger partial charge in [0.05, 0.1) is 25.4 Å². The van der Waals surface area contributed by atoms with Crippen LogP contribution in [0.25, 0.3) is 0 Å². The van der Waals surface area contributed by atoms with Gasteiger partial charge in [0.25, 0.3) is 0 Å². The molecule has 0 aliphatic heterocycles. The number of unbranched alkanes of at least 4 members (excludes halogenated alkanes) is 49. The number of rotatable bonds is 66. The number of hydrogen-bond donors (Lipinski definition) is 3. The summed E-state index contributed by atoms with van der Waals surface area (Å²) in [6, 6.07) is -0.634. The Kier molecular flexibility index (Phi) is 66.4. The van der Waals surface area contributed by atoms with E-state index in [4.69, 9.17) is 4.74 Å². The molecule has 464 valence electrons. The van der Waals surface area contributed by atoms with Crippen LogP contribution < -0.4 is 5.32 Å². The molecule has 3 N–H and O–H groups in total. The molecular weight excluding hydrogens is 971 g/mol. The van der Waals surface area contributed by atoms with Gasteiger partial charge in [-0.3, -0.25) is 9.59 Å². The molecule has 0 spiro atoms. The standard InChI is InChI=1S/C73H137NO5/c1-3-5-7-9-11-13-15-17-19-21-23-24-25-27-30-33-37-41-45-49-53-57-61-65-71(76)70(69-75)74-72(77)66-62-58-54-50-46-42-38-34-31-28-26-29-32-36-40-44-48-52-56-60-64-68-79-73(78)67-63-59-55-51-47-43-39-35-22-20-18-16-14-12-10-8-6-4-2/h20,22,44,48,56,60-61,65,70-71,75-76H,3-19,21,23-43,45-47,49-55,57-59,62-64,66-69H2,1-2H3,(H,74,77)/b22-20-,48-44-,60-56-,65-61+. The van der Waals surface area contributed by atoms with E-state index >= 15 is 0 Å². The van der Waals surface area contributed by atoms with Crippen molar-refractivity contribution in [2.24, 2.45) is 0 Å². The van der Waals surface area contributed by atoms with Gasteiger partial charge in [-0.25, -0.2) is 0 Å². The Morgan fingerprint density at radius 2 is 0.633 bits per heavy atom. The van der Waals surface area contributed by atoms with E-state index in [2.05, 4.69) is 55.6 Å². The van der Waals surface area contributed by atoms with E-state index in [1.54, 1.807) is 6.08 Å². The van der Waals surface area contributed by atoms with Crippen LogP contribution >= 0.6 is 0 Å². The minimum atomic E-state index is -0.850. The Balaban J connectivity index is 3.47. The first-order chi connectivity index (χ1) is 39.0. The molecule has 1 amide bonds. The first-order valence-corrected chi connectivity index (χ1v) is 35.4. The number of esters is 1. The maximum Gasteiger partial charge on any atom is 0.305 e. The molecule has 0 aliphatic carbocycles. The number of ether oxygens (including phenoxy) is 1. The summed E-state index contributed by atoms with van der Waals surface area (Å²) >= 11 is 0. The predicted octanol–water partition coefficient (Wildman–Crippen LogP) is 22.9. The fourth-order valence-electron chi connectivity index (χ4n) is 10.9. The van der Waals surface area contributed by atoms with Crippen LogP contribution in [-0.4, -0.2) is 47.4 Å². The van der Waals surface area contributed by atoms with Gasteiger partial charge in [-0.15, -0.1) is 0 Å². The third-order valence-corrected chi connectivity index (χ3v) is 16.3. The number of carbonyl (C=O) groups is 2. The van der Waals surface area contributed by atoms with Crippen LogP contribution in [0.5, 0.6) is 0 Å². The Morgan fingerprint density at radius 3 is 0.975 bits per heavy atom. The van der Waals surface area contributed by atoms with Crippen molar-refractivity contribution in [1.82, 2.24) is 5.32 Å². The van der Waals surface area contributed by atoms with Crippen molar-refractivity contribution in [3.63, 3.8) is 0 Å². The minimum absolute atomic E-state index is 0.0383. The molecule has 6 heteroatoms. The van der Waals surface area contributed by atoms with Crippen LogP contribution in [0.1, 0.15) is 380 Å². The fraction of sp³-hybridized carbons (Fsp3) is 0.863. The summed E-state index contributed by atoms with van der Waals surface area (Å²) in [5, 5.41) is 23.3. The fourth-order valence-corrected chi connectivity index (χ4v) is 10.9. The molecule has 2 atom stereocenters. The Labute approximate surface area is 493 Å². The van der Waals surface area contributed by atoms with E-state index in [-0.39, 0.29) is 18.5 Å². The van der Waals surface area contributed by atoms with Crippen LogP contribution in [0.15, 0.2) is 48.6 Å². The molecule has 6 nitrogen and oxygen atoms in total. The van der Waals surface area contributed by atoms with E-state index in [1.165, 1.54) is 302 Å². The van der Waals surface area contributed by atoms with Crippen LogP contribution in [0.2, 0.25) is 0 Å². The summed E-state index contributed by atoms with van der Waals surface area (Å²) in [7, 11) is 0. The van der Waals surface area contributed by atoms with Gasteiger partial charge >= 0.3 is 5.97 Å².